The summed E-state index contributed by atoms with van der Waals surface area (Å²) >= 11 is 6.33. The summed E-state index contributed by atoms with van der Waals surface area (Å²) in [5.41, 5.74) is 8.24. The molecule has 0 aliphatic heterocycles. The normalized spacial score (nSPS) is 14.0. The lowest BCUT2D eigenvalue weighted by Crippen LogP contribution is -2.48. The second-order valence-electron chi connectivity index (χ2n) is 11.0. The highest BCUT2D eigenvalue weighted by Gasteiger charge is 2.31. The van der Waals surface area contributed by atoms with Crippen molar-refractivity contribution in [1.29, 1.82) is 0 Å². The van der Waals surface area contributed by atoms with E-state index in [0.29, 0.717) is 41.2 Å². The summed E-state index contributed by atoms with van der Waals surface area (Å²) in [7, 11) is -2.61. The van der Waals surface area contributed by atoms with Gasteiger partial charge in [0.15, 0.2) is 0 Å². The highest BCUT2D eigenvalue weighted by molar-refractivity contribution is 7.89. The molecule has 0 radical (unpaired) electrons. The molecule has 0 bridgehead atoms. The first-order valence-electron chi connectivity index (χ1n) is 14.5. The molecule has 3 aromatic carbocycles. The monoisotopic (exact) mass is 646 g/mol. The topological polar surface area (TPSA) is 154 Å². The highest BCUT2D eigenvalue weighted by atomic mass is 35.5. The first-order chi connectivity index (χ1) is 21.0. The third-order valence-electron chi connectivity index (χ3n) is 7.32. The maximum absolute atomic E-state index is 13.7. The Bertz CT molecular complexity index is 1460. The number of anilines is 2. The minimum absolute atomic E-state index is 0.108. The van der Waals surface area contributed by atoms with Gasteiger partial charge < -0.3 is 26.0 Å². The van der Waals surface area contributed by atoms with Gasteiger partial charge in [0.05, 0.1) is 17.5 Å². The van der Waals surface area contributed by atoms with Crippen LogP contribution in [0.4, 0.5) is 11.4 Å². The minimum atomic E-state index is -3.92. The Morgan fingerprint density at radius 1 is 1.00 bits per heavy atom. The van der Waals surface area contributed by atoms with Crippen molar-refractivity contribution in [3.8, 4) is 0 Å². The van der Waals surface area contributed by atoms with Crippen LogP contribution in [0.1, 0.15) is 37.8 Å². The average Bonchev–Trinajstić information content (AvgIpc) is 3.00. The van der Waals surface area contributed by atoms with E-state index in [1.807, 2.05) is 32.0 Å². The van der Waals surface area contributed by atoms with Gasteiger partial charge in [-0.2, -0.15) is 4.31 Å². The number of benzene rings is 3. The fourth-order valence-corrected chi connectivity index (χ4v) is 6.61. The van der Waals surface area contributed by atoms with Gasteiger partial charge in [0.1, 0.15) is 0 Å². The van der Waals surface area contributed by atoms with E-state index in [4.69, 9.17) is 22.1 Å². The van der Waals surface area contributed by atoms with Crippen LogP contribution in [0.15, 0.2) is 77.7 Å². The van der Waals surface area contributed by atoms with Crippen LogP contribution in [0.2, 0.25) is 5.02 Å². The molecule has 6 N–H and O–H groups in total. The van der Waals surface area contributed by atoms with Gasteiger partial charge >= 0.3 is 0 Å². The van der Waals surface area contributed by atoms with Crippen LogP contribution in [0, 0.1) is 5.92 Å². The molecule has 12 heteroatoms. The van der Waals surface area contributed by atoms with Crippen molar-refractivity contribution in [3.05, 3.63) is 88.9 Å². The van der Waals surface area contributed by atoms with Crippen LogP contribution >= 0.6 is 11.6 Å². The number of nitrogens with two attached hydrogens (primary N) is 1. The van der Waals surface area contributed by atoms with Crippen molar-refractivity contribution < 1.29 is 28.2 Å². The van der Waals surface area contributed by atoms with Crippen LogP contribution in [0.5, 0.6) is 0 Å². The molecule has 0 fully saturated rings. The van der Waals surface area contributed by atoms with Gasteiger partial charge in [-0.15, -0.1) is 0 Å². The Hall–Kier alpha value is -3.03. The van der Waals surface area contributed by atoms with Crippen LogP contribution in [-0.2, 0) is 32.4 Å². The first kappa shape index (κ1) is 35.4. The number of ether oxygens (including phenoxy) is 1. The number of nitrogens with zero attached hydrogens (tertiary/aromatic N) is 1. The summed E-state index contributed by atoms with van der Waals surface area (Å²) in [5.74, 6) is -0.171. The zero-order chi connectivity index (χ0) is 32.3. The summed E-state index contributed by atoms with van der Waals surface area (Å²) in [6.07, 6.45) is 0.104. The lowest BCUT2D eigenvalue weighted by molar-refractivity contribution is -0.128. The fourth-order valence-electron chi connectivity index (χ4n) is 4.74. The van der Waals surface area contributed by atoms with Crippen molar-refractivity contribution in [2.45, 2.75) is 62.9 Å². The van der Waals surface area contributed by atoms with Crippen LogP contribution in [0.3, 0.4) is 0 Å². The van der Waals surface area contributed by atoms with E-state index in [9.17, 15) is 23.4 Å². The molecule has 3 aromatic rings. The number of aliphatic hydroxyl groups is 2. The molecule has 240 valence electrons. The zero-order valence-electron chi connectivity index (χ0n) is 25.3. The van der Waals surface area contributed by atoms with Crippen molar-refractivity contribution >= 4 is 38.9 Å². The molecule has 10 nitrogen and oxygen atoms in total. The average molecular weight is 647 g/mol. The number of halogens is 1. The lowest BCUT2D eigenvalue weighted by Gasteiger charge is -2.30. The number of carbonyl (C=O) groups excluding carboxylic acids is 1. The SMILES string of the molecule is COC(O)N[C@@H](Cc1ccccc1Cl)C(=O)Nc1ccccc1CC[C@@H](CO)N(CCC(C)C)S(=O)(=O)c1ccc(N)cc1. The molecule has 0 aromatic heterocycles. The predicted octanol–water partition coefficient (Wildman–Crippen LogP) is 4.01. The lowest BCUT2D eigenvalue weighted by atomic mass is 10.0. The van der Waals surface area contributed by atoms with Gasteiger partial charge in [-0.3, -0.25) is 10.1 Å². The van der Waals surface area contributed by atoms with Crippen LogP contribution in [-0.4, -0.2) is 67.6 Å². The van der Waals surface area contributed by atoms with Crippen molar-refractivity contribution in [2.75, 3.05) is 31.3 Å². The summed E-state index contributed by atoms with van der Waals surface area (Å²) in [6.45, 7) is 3.89. The van der Waals surface area contributed by atoms with E-state index < -0.39 is 34.4 Å². The van der Waals surface area contributed by atoms with Crippen molar-refractivity contribution in [3.63, 3.8) is 0 Å². The molecule has 3 rings (SSSR count). The molecule has 0 saturated heterocycles. The Balaban J connectivity index is 1.82. The van der Waals surface area contributed by atoms with Crippen LogP contribution < -0.4 is 16.4 Å². The van der Waals surface area contributed by atoms with Crippen molar-refractivity contribution in [2.24, 2.45) is 5.92 Å². The van der Waals surface area contributed by atoms with Gasteiger partial charge in [-0.25, -0.2) is 8.42 Å². The molecule has 1 amide bonds. The smallest absolute Gasteiger partial charge is 0.243 e. The molecular formula is C32H43ClN4O6S. The predicted molar refractivity (Wildman–Crippen MR) is 174 cm³/mol. The summed E-state index contributed by atoms with van der Waals surface area (Å²) in [4.78, 5) is 13.6. The number of aryl methyl sites for hydroxylation is 1. The number of hydrogen-bond donors (Lipinski definition) is 5. The van der Waals surface area contributed by atoms with E-state index in [-0.39, 0.29) is 30.4 Å². The molecule has 0 heterocycles. The number of methoxy groups -OCH3 is 1. The van der Waals surface area contributed by atoms with E-state index in [1.54, 1.807) is 42.5 Å². The van der Waals surface area contributed by atoms with E-state index in [0.717, 1.165) is 5.56 Å². The standard InChI is InChI=1S/C32H43ClN4O6S/c1-22(2)18-19-37(44(41,42)27-16-13-25(34)14-17-27)26(21-38)15-12-23-8-5-7-11-29(23)35-31(39)30(36-32(40)43-3)20-24-9-4-6-10-28(24)33/h4-11,13-14,16-17,22,26,30,32,36,38,40H,12,15,18-21,34H2,1-3H3,(H,35,39)/t26-,30-,32?/m0/s1. The molecule has 1 unspecified atom stereocenters. The molecule has 0 saturated carbocycles. The second-order valence-corrected chi connectivity index (χ2v) is 13.3. The number of nitrogens with one attached hydrogen (secondary N) is 2. The van der Waals surface area contributed by atoms with E-state index >= 15 is 0 Å². The third kappa shape index (κ3) is 10.00. The number of nitrogen functional groups attached to an aromatic ring is 1. The van der Waals surface area contributed by atoms with E-state index in [1.165, 1.54) is 23.5 Å². The van der Waals surface area contributed by atoms with Gasteiger partial charge in [0, 0.05) is 36.1 Å². The fraction of sp³-hybridized carbons (Fsp3) is 0.406. The van der Waals surface area contributed by atoms with Gasteiger partial charge in [0.25, 0.3) is 0 Å². The maximum atomic E-state index is 13.7. The van der Waals surface area contributed by atoms with Crippen molar-refractivity contribution in [1.82, 2.24) is 9.62 Å². The Labute approximate surface area is 265 Å². The quantitative estimate of drug-likeness (QED) is 0.109. The number of carbonyl (C=O) groups is 1. The Morgan fingerprint density at radius 2 is 1.64 bits per heavy atom. The maximum Gasteiger partial charge on any atom is 0.243 e. The molecular weight excluding hydrogens is 604 g/mol. The number of aliphatic hydroxyl groups excluding tert-OH is 2. The first-order valence-corrected chi connectivity index (χ1v) is 16.3. The summed E-state index contributed by atoms with van der Waals surface area (Å²) < 4.78 is 33.7. The molecule has 0 spiro atoms. The highest BCUT2D eigenvalue weighted by Crippen LogP contribution is 2.25. The molecule has 0 aliphatic carbocycles. The number of sulfonamides is 1. The number of rotatable bonds is 17. The summed E-state index contributed by atoms with van der Waals surface area (Å²) in [5, 5.41) is 26.7. The Kier molecular flexibility index (Phi) is 13.6. The number of para-hydroxylation sites is 1. The zero-order valence-corrected chi connectivity index (χ0v) is 26.9. The molecule has 3 atom stereocenters. The summed E-state index contributed by atoms with van der Waals surface area (Å²) in [6, 6.07) is 18.8. The van der Waals surface area contributed by atoms with Gasteiger partial charge in [-0.1, -0.05) is 61.8 Å². The molecule has 44 heavy (non-hydrogen) atoms. The van der Waals surface area contributed by atoms with Gasteiger partial charge in [-0.05, 0) is 79.1 Å². The van der Waals surface area contributed by atoms with Gasteiger partial charge in [0.2, 0.25) is 22.3 Å². The largest absolute Gasteiger partial charge is 0.399 e. The Morgan fingerprint density at radius 3 is 2.25 bits per heavy atom. The van der Waals surface area contributed by atoms with Crippen LogP contribution in [0.25, 0.3) is 0 Å². The minimum Gasteiger partial charge on any atom is -0.399 e. The number of hydrogen-bond acceptors (Lipinski definition) is 8. The van der Waals surface area contributed by atoms with E-state index in [2.05, 4.69) is 10.6 Å². The third-order valence-corrected chi connectivity index (χ3v) is 9.65. The second kappa shape index (κ2) is 16.9. The molecule has 0 aliphatic rings. The number of amides is 1.